The predicted octanol–water partition coefficient (Wildman–Crippen LogP) is 38.5. The molecule has 0 spiro atoms. The molecule has 9 nitrogen and oxygen atoms in total. The molecule has 2 heterocycles. The highest BCUT2D eigenvalue weighted by Crippen LogP contribution is 2.19. The smallest absolute Gasteiger partial charge is 0.0555 e. The lowest BCUT2D eigenvalue weighted by atomic mass is 10.0. The molecule has 11 aromatic carbocycles. The largest absolute Gasteiger partial charge is 0.388 e. The van der Waals surface area contributed by atoms with Crippen LogP contribution < -0.4 is 0 Å². The lowest BCUT2D eigenvalue weighted by Crippen LogP contribution is -1.77. The summed E-state index contributed by atoms with van der Waals surface area (Å²) < 4.78 is 25.5. The Morgan fingerprint density at radius 1 is 0.153 bits per heavy atom. The maximum atomic E-state index is 4.25. The molecule has 0 unspecified atom stereocenters. The summed E-state index contributed by atoms with van der Waals surface area (Å²) in [5.41, 5.74) is 13.8. The second-order valence-corrected chi connectivity index (χ2v) is 21.9. The topological polar surface area (TPSA) is 94.1 Å². The summed E-state index contributed by atoms with van der Waals surface area (Å²) >= 11 is 0. The molecule has 13 rings (SSSR count). The van der Waals surface area contributed by atoms with Crippen LogP contribution in [0.3, 0.4) is 0 Å². The molecule has 0 bridgehead atoms. The third kappa shape index (κ3) is 167. The van der Waals surface area contributed by atoms with Gasteiger partial charge in [0.1, 0.15) is 0 Å². The number of rotatable bonds is 1. The van der Waals surface area contributed by atoms with Crippen molar-refractivity contribution >= 4 is 10.8 Å². The lowest BCUT2D eigenvalue weighted by Gasteiger charge is -2.00. The number of fused-ring (bicyclic) bond motifs is 1. The van der Waals surface area contributed by atoms with Crippen LogP contribution in [-0.4, -0.2) is 100 Å². The number of ether oxygens (including phenoxy) is 6. The highest BCUT2D eigenvalue weighted by molar-refractivity contribution is 5.82. The van der Waals surface area contributed by atoms with E-state index in [4.69, 9.17) is 0 Å². The van der Waals surface area contributed by atoms with Crippen LogP contribution in [0.5, 0.6) is 0 Å². The molecule has 0 aliphatic heterocycles. The minimum atomic E-state index is 0. The van der Waals surface area contributed by atoms with Gasteiger partial charge in [-0.1, -0.05) is 561 Å². The number of hydrogen-bond acceptors (Lipinski definition) is 9. The Morgan fingerprint density at radius 3 is 0.435 bits per heavy atom. The Labute approximate surface area is 817 Å². The van der Waals surface area contributed by atoms with Crippen molar-refractivity contribution in [3.05, 3.63) is 415 Å². The zero-order valence-corrected chi connectivity index (χ0v) is 91.9. The molecule has 0 saturated carbocycles. The predicted molar refractivity (Wildman–Crippen MR) is 608 cm³/mol. The van der Waals surface area contributed by atoms with E-state index in [-0.39, 0.29) is 14.9 Å². The third-order valence-corrected chi connectivity index (χ3v) is 11.6. The van der Waals surface area contributed by atoms with Gasteiger partial charge in [-0.15, -0.1) is 0 Å². The van der Waals surface area contributed by atoms with Crippen molar-refractivity contribution in [2.75, 3.05) is 85.3 Å². The summed E-state index contributed by atoms with van der Waals surface area (Å²) in [5.74, 6) is 0. The zero-order chi connectivity index (χ0) is 103. The molecule has 0 radical (unpaired) electrons. The Kier molecular flexibility index (Phi) is 225. The van der Waals surface area contributed by atoms with E-state index in [1.807, 2.05) is 364 Å². The van der Waals surface area contributed by atoms with E-state index in [1.54, 1.807) is 110 Å². The van der Waals surface area contributed by atoms with Gasteiger partial charge in [0.05, 0.1) is 5.69 Å². The molecule has 9 heteroatoms. The Hall–Kier alpha value is -10.3. The van der Waals surface area contributed by atoms with E-state index in [0.29, 0.717) is 0 Å². The molecule has 0 aliphatic rings. The molecule has 13 aromatic rings. The van der Waals surface area contributed by atoms with Crippen LogP contribution in [0.15, 0.2) is 365 Å². The molecule has 0 N–H and O–H groups in total. The number of nitrogens with zero attached hydrogens (tertiary/aromatic N) is 3. The minimum Gasteiger partial charge on any atom is -0.388 e. The van der Waals surface area contributed by atoms with Gasteiger partial charge in [0.25, 0.3) is 0 Å². The summed E-state index contributed by atoms with van der Waals surface area (Å²) in [6.45, 7) is 70.5. The van der Waals surface area contributed by atoms with Gasteiger partial charge in [0.2, 0.25) is 0 Å². The normalized spacial score (nSPS) is 7.26. The molecule has 0 fully saturated rings. The fourth-order valence-corrected chi connectivity index (χ4v) is 6.92. The van der Waals surface area contributed by atoms with Gasteiger partial charge in [-0.3, -0.25) is 15.0 Å². The van der Waals surface area contributed by atoms with Crippen molar-refractivity contribution in [3.63, 3.8) is 0 Å². The van der Waals surface area contributed by atoms with Crippen molar-refractivity contribution in [2.24, 2.45) is 0 Å². The maximum absolute atomic E-state index is 4.25. The van der Waals surface area contributed by atoms with E-state index in [0.717, 1.165) is 11.4 Å². The highest BCUT2D eigenvalue weighted by atomic mass is 16.5. The zero-order valence-electron chi connectivity index (χ0n) is 91.9. The maximum Gasteiger partial charge on any atom is 0.0555 e. The summed E-state index contributed by atoms with van der Waals surface area (Å²) in [4.78, 5) is 11.7. The van der Waals surface area contributed by atoms with Gasteiger partial charge >= 0.3 is 0 Å². The number of methoxy groups -OCH3 is 6. The van der Waals surface area contributed by atoms with Crippen LogP contribution in [0.1, 0.15) is 245 Å². The molecule has 0 atom stereocenters. The van der Waals surface area contributed by atoms with Gasteiger partial charge in [0.15, 0.2) is 0 Å². The van der Waals surface area contributed by atoms with Crippen molar-refractivity contribution < 1.29 is 28.4 Å². The van der Waals surface area contributed by atoms with E-state index in [9.17, 15) is 0 Å². The van der Waals surface area contributed by atoms with Crippen molar-refractivity contribution in [1.29, 1.82) is 0 Å². The standard InChI is InChI=1S/C13H12.C10H8.6C7H8.C6H7N.C6H6.C5H6N2.6C2H6O.13C2H6.2CH4/c1-11-7-9-13(10-8-11)12-5-3-2-4-6-12;1-2-6-10-8-4-3-7-9(10)5-1;6*1-7-5-3-2-4-6-7;1-6-4-2-3-5-7-6;1-2-4-6-5-3-1;1-5-4-6-2-3-7-5;6*1-3-2;13*1-2;;/h2-10H,1H3;1-8H;6*2-6H,1H3;2-5H,1H3;1-6H;2-4H,1H3;6*1-2H3;13*1-2H3;2*1H4. The van der Waals surface area contributed by atoms with Crippen LogP contribution >= 0.6 is 0 Å². The van der Waals surface area contributed by atoms with Crippen molar-refractivity contribution in [1.82, 2.24) is 15.0 Å². The van der Waals surface area contributed by atoms with Gasteiger partial charge in [-0.05, 0) is 96.3 Å². The number of benzene rings is 11. The molecule has 0 aliphatic carbocycles. The second-order valence-electron chi connectivity index (χ2n) is 21.9. The van der Waals surface area contributed by atoms with Gasteiger partial charge < -0.3 is 28.4 Å². The average molecular weight is 1810 g/mol. The minimum absolute atomic E-state index is 0. The van der Waals surface area contributed by atoms with E-state index in [2.05, 4.69) is 262 Å². The molecular formula is C122H209N3O6. The first kappa shape index (κ1) is 167. The molecule has 748 valence electrons. The van der Waals surface area contributed by atoms with Gasteiger partial charge in [0, 0.05) is 116 Å². The Morgan fingerprint density at radius 2 is 0.305 bits per heavy atom. The average Bonchev–Trinajstić information content (AvgIpc) is 0.876. The number of pyridine rings is 1. The molecule has 0 amide bonds. The van der Waals surface area contributed by atoms with E-state index in [1.165, 1.54) is 60.8 Å². The number of aromatic nitrogens is 3. The summed E-state index contributed by atoms with van der Waals surface area (Å²) in [7, 11) is 19.5. The molecular weight excluding hydrogens is 1600 g/mol. The van der Waals surface area contributed by atoms with Crippen LogP contribution in [-0.2, 0) is 28.4 Å². The monoisotopic (exact) mass is 1810 g/mol. The Balaban J connectivity index is -0.0000000595. The summed E-state index contributed by atoms with van der Waals surface area (Å²) in [6.07, 6.45) is 6.84. The summed E-state index contributed by atoms with van der Waals surface area (Å²) in [6, 6.07) is 115. The second kappa shape index (κ2) is 177. The van der Waals surface area contributed by atoms with Crippen LogP contribution in [0.4, 0.5) is 0 Å². The third-order valence-electron chi connectivity index (χ3n) is 11.6. The summed E-state index contributed by atoms with van der Waals surface area (Å²) in [5, 5.41) is 2.62. The van der Waals surface area contributed by atoms with E-state index >= 15 is 0 Å². The molecule has 0 saturated heterocycles. The fraction of sp³-hybridized carbons (Fsp3) is 0.402. The van der Waals surface area contributed by atoms with Crippen LogP contribution in [0.25, 0.3) is 21.9 Å². The first-order valence-electron chi connectivity index (χ1n) is 46.6. The SMILES string of the molecule is C.C.CC.CC.CC.CC.CC.CC.CC.CC.CC.CC.CC.CC.CC.COC.COC.COC.COC.COC.COC.Cc1ccc(-c2ccccc2)cc1.Cc1ccccc1.Cc1ccccc1.Cc1ccccc1.Cc1ccccc1.Cc1ccccc1.Cc1ccccc1.Cc1ccccn1.Cc1cnccn1.c1ccc2ccccc2c1.c1ccccc1. The number of hydrogen-bond donors (Lipinski definition) is 0. The van der Waals surface area contributed by atoms with Gasteiger partial charge in [-0.2, -0.15) is 0 Å². The molecule has 2 aromatic heterocycles. The van der Waals surface area contributed by atoms with E-state index < -0.39 is 0 Å². The fourth-order valence-electron chi connectivity index (χ4n) is 6.92. The lowest BCUT2D eigenvalue weighted by molar-refractivity contribution is 0.277. The van der Waals surface area contributed by atoms with Gasteiger partial charge in [-0.25, -0.2) is 0 Å². The van der Waals surface area contributed by atoms with Crippen LogP contribution in [0, 0.1) is 62.3 Å². The molecule has 131 heavy (non-hydrogen) atoms. The quantitative estimate of drug-likeness (QED) is 0.159. The van der Waals surface area contributed by atoms with Crippen molar-refractivity contribution in [2.45, 2.75) is 257 Å². The number of aryl methyl sites for hydroxylation is 9. The Bertz CT molecular complexity index is 3090. The highest BCUT2D eigenvalue weighted by Gasteiger charge is 1.94. The first-order valence-corrected chi connectivity index (χ1v) is 46.6. The van der Waals surface area contributed by atoms with Crippen LogP contribution in [0.2, 0.25) is 0 Å². The van der Waals surface area contributed by atoms with Crippen molar-refractivity contribution in [3.8, 4) is 11.1 Å². The first-order chi connectivity index (χ1) is 63.0.